The Labute approximate surface area is 91.8 Å². The van der Waals surface area contributed by atoms with E-state index in [4.69, 9.17) is 11.6 Å². The van der Waals surface area contributed by atoms with Gasteiger partial charge in [-0.3, -0.25) is 4.79 Å². The summed E-state index contributed by atoms with van der Waals surface area (Å²) in [5, 5.41) is 0.386. The van der Waals surface area contributed by atoms with Crippen LogP contribution in [0.4, 0.5) is 0 Å². The summed E-state index contributed by atoms with van der Waals surface area (Å²) >= 11 is 5.75. The van der Waals surface area contributed by atoms with Gasteiger partial charge in [0.05, 0.1) is 0 Å². The van der Waals surface area contributed by atoms with E-state index >= 15 is 0 Å². The maximum Gasteiger partial charge on any atom is 0.160 e. The second kappa shape index (κ2) is 4.19. The molecule has 0 saturated heterocycles. The first-order valence-electron chi connectivity index (χ1n) is 4.34. The van der Waals surface area contributed by atoms with E-state index in [-0.39, 0.29) is 0 Å². The molecular weight excluding hydrogens is 212 g/mol. The average Bonchev–Trinajstić information content (AvgIpc) is 2.29. The maximum absolute atomic E-state index is 10.6. The van der Waals surface area contributed by atoms with Gasteiger partial charge in [0.1, 0.15) is 11.4 Å². The lowest BCUT2D eigenvalue weighted by Crippen LogP contribution is -1.89. The molecule has 0 amide bonds. The molecule has 3 nitrogen and oxygen atoms in total. The van der Waals surface area contributed by atoms with Crippen LogP contribution in [0.2, 0.25) is 5.15 Å². The first-order valence-corrected chi connectivity index (χ1v) is 4.71. The summed E-state index contributed by atoms with van der Waals surface area (Å²) < 4.78 is 0. The van der Waals surface area contributed by atoms with E-state index in [1.54, 1.807) is 30.5 Å². The molecule has 0 saturated carbocycles. The highest BCUT2D eigenvalue weighted by Gasteiger charge is 2.02. The highest BCUT2D eigenvalue weighted by atomic mass is 35.5. The lowest BCUT2D eigenvalue weighted by Gasteiger charge is -2.00. The molecule has 0 aliphatic rings. The number of aromatic nitrogens is 2. The molecule has 2 rings (SSSR count). The van der Waals surface area contributed by atoms with Crippen LogP contribution in [0.15, 0.2) is 36.5 Å². The molecule has 74 valence electrons. The van der Waals surface area contributed by atoms with Crippen LogP contribution in [0.1, 0.15) is 10.4 Å². The summed E-state index contributed by atoms with van der Waals surface area (Å²) in [4.78, 5) is 18.7. The van der Waals surface area contributed by atoms with E-state index in [1.807, 2.05) is 6.07 Å². The van der Waals surface area contributed by atoms with Crippen molar-refractivity contribution in [2.75, 3.05) is 0 Å². The molecule has 0 fully saturated rings. The van der Waals surface area contributed by atoms with Gasteiger partial charge in [-0.2, -0.15) is 0 Å². The predicted octanol–water partition coefficient (Wildman–Crippen LogP) is 2.61. The van der Waals surface area contributed by atoms with Gasteiger partial charge in [-0.05, 0) is 12.1 Å². The highest BCUT2D eigenvalue weighted by Crippen LogP contribution is 2.16. The minimum absolute atomic E-state index is 0.386. The van der Waals surface area contributed by atoms with Gasteiger partial charge in [-0.1, -0.05) is 29.8 Å². The molecule has 1 aromatic heterocycles. The van der Waals surface area contributed by atoms with Gasteiger partial charge >= 0.3 is 0 Å². The van der Waals surface area contributed by atoms with E-state index in [2.05, 4.69) is 9.97 Å². The summed E-state index contributed by atoms with van der Waals surface area (Å²) in [6.45, 7) is 0. The molecule has 0 atom stereocenters. The van der Waals surface area contributed by atoms with Crippen molar-refractivity contribution in [1.82, 2.24) is 9.97 Å². The molecule has 0 spiro atoms. The SMILES string of the molecule is O=Cc1cccc(-c2nccc(Cl)n2)c1. The molecule has 15 heavy (non-hydrogen) atoms. The lowest BCUT2D eigenvalue weighted by molar-refractivity contribution is 0.112. The summed E-state index contributed by atoms with van der Waals surface area (Å²) in [7, 11) is 0. The van der Waals surface area contributed by atoms with Crippen LogP contribution in [0.25, 0.3) is 11.4 Å². The van der Waals surface area contributed by atoms with Crippen molar-refractivity contribution in [3.63, 3.8) is 0 Å². The van der Waals surface area contributed by atoms with Crippen molar-refractivity contribution >= 4 is 17.9 Å². The molecule has 1 heterocycles. The fraction of sp³-hybridized carbons (Fsp3) is 0. The minimum Gasteiger partial charge on any atom is -0.298 e. The number of nitrogens with zero attached hydrogens (tertiary/aromatic N) is 2. The van der Waals surface area contributed by atoms with Crippen molar-refractivity contribution in [1.29, 1.82) is 0 Å². The van der Waals surface area contributed by atoms with Crippen LogP contribution >= 0.6 is 11.6 Å². The molecule has 0 radical (unpaired) electrons. The van der Waals surface area contributed by atoms with Crippen LogP contribution in [-0.2, 0) is 0 Å². The molecule has 0 aliphatic heterocycles. The Hall–Kier alpha value is -1.74. The lowest BCUT2D eigenvalue weighted by atomic mass is 10.1. The summed E-state index contributed by atoms with van der Waals surface area (Å²) in [5.41, 5.74) is 1.37. The summed E-state index contributed by atoms with van der Waals surface area (Å²) in [6, 6.07) is 8.66. The normalized spacial score (nSPS) is 9.93. The number of rotatable bonds is 2. The Kier molecular flexibility index (Phi) is 2.74. The Bertz CT molecular complexity index is 499. The molecule has 0 unspecified atom stereocenters. The van der Waals surface area contributed by atoms with Crippen molar-refractivity contribution in [2.45, 2.75) is 0 Å². The van der Waals surface area contributed by atoms with Gasteiger partial charge < -0.3 is 0 Å². The Morgan fingerprint density at radius 3 is 2.87 bits per heavy atom. The molecule has 0 N–H and O–H groups in total. The van der Waals surface area contributed by atoms with Gasteiger partial charge in [-0.15, -0.1) is 0 Å². The Morgan fingerprint density at radius 1 is 1.27 bits per heavy atom. The molecule has 2 aromatic rings. The topological polar surface area (TPSA) is 42.9 Å². The number of benzene rings is 1. The zero-order chi connectivity index (χ0) is 10.7. The van der Waals surface area contributed by atoms with Crippen molar-refractivity contribution in [2.24, 2.45) is 0 Å². The maximum atomic E-state index is 10.6. The smallest absolute Gasteiger partial charge is 0.160 e. The number of aldehydes is 1. The fourth-order valence-electron chi connectivity index (χ4n) is 1.23. The summed E-state index contributed by atoms with van der Waals surface area (Å²) in [6.07, 6.45) is 2.37. The summed E-state index contributed by atoms with van der Waals surface area (Å²) in [5.74, 6) is 0.520. The number of carbonyl (C=O) groups excluding carboxylic acids is 1. The van der Waals surface area contributed by atoms with Gasteiger partial charge in [0.25, 0.3) is 0 Å². The number of hydrogen-bond acceptors (Lipinski definition) is 3. The molecular formula is C11H7ClN2O. The third-order valence-electron chi connectivity index (χ3n) is 1.90. The zero-order valence-electron chi connectivity index (χ0n) is 7.72. The standard InChI is InChI=1S/C11H7ClN2O/c12-10-4-5-13-11(14-10)9-3-1-2-8(6-9)7-15/h1-7H. The largest absolute Gasteiger partial charge is 0.298 e. The van der Waals surface area contributed by atoms with Crippen LogP contribution in [-0.4, -0.2) is 16.3 Å². The third kappa shape index (κ3) is 2.19. The predicted molar refractivity (Wildman–Crippen MR) is 57.9 cm³/mol. The molecule has 4 heteroatoms. The van der Waals surface area contributed by atoms with Crippen molar-refractivity contribution in [3.8, 4) is 11.4 Å². The van der Waals surface area contributed by atoms with Crippen molar-refractivity contribution in [3.05, 3.63) is 47.2 Å². The first kappa shape index (κ1) is 9.80. The van der Waals surface area contributed by atoms with Gasteiger partial charge in [-0.25, -0.2) is 9.97 Å². The quantitative estimate of drug-likeness (QED) is 0.575. The Morgan fingerprint density at radius 2 is 2.13 bits per heavy atom. The minimum atomic E-state index is 0.386. The van der Waals surface area contributed by atoms with Gasteiger partial charge in [0, 0.05) is 17.3 Å². The van der Waals surface area contributed by atoms with E-state index in [0.717, 1.165) is 11.8 Å². The molecule has 1 aromatic carbocycles. The molecule has 0 aliphatic carbocycles. The highest BCUT2D eigenvalue weighted by molar-refractivity contribution is 6.29. The van der Waals surface area contributed by atoms with Crippen LogP contribution in [0.3, 0.4) is 0 Å². The first-order chi connectivity index (χ1) is 7.29. The van der Waals surface area contributed by atoms with E-state index in [9.17, 15) is 4.79 Å². The number of halogens is 1. The van der Waals surface area contributed by atoms with Crippen LogP contribution < -0.4 is 0 Å². The molecule has 0 bridgehead atoms. The van der Waals surface area contributed by atoms with Crippen LogP contribution in [0.5, 0.6) is 0 Å². The zero-order valence-corrected chi connectivity index (χ0v) is 8.48. The van der Waals surface area contributed by atoms with Crippen LogP contribution in [0, 0.1) is 0 Å². The Balaban J connectivity index is 2.49. The average molecular weight is 219 g/mol. The van der Waals surface area contributed by atoms with Gasteiger partial charge in [0.2, 0.25) is 0 Å². The number of hydrogen-bond donors (Lipinski definition) is 0. The number of carbonyl (C=O) groups is 1. The van der Waals surface area contributed by atoms with E-state index < -0.39 is 0 Å². The second-order valence-electron chi connectivity index (χ2n) is 2.95. The second-order valence-corrected chi connectivity index (χ2v) is 3.33. The third-order valence-corrected chi connectivity index (χ3v) is 2.11. The van der Waals surface area contributed by atoms with E-state index in [0.29, 0.717) is 16.5 Å². The van der Waals surface area contributed by atoms with E-state index in [1.165, 1.54) is 0 Å². The fourth-order valence-corrected chi connectivity index (χ4v) is 1.36. The monoisotopic (exact) mass is 218 g/mol. The van der Waals surface area contributed by atoms with Gasteiger partial charge in [0.15, 0.2) is 5.82 Å². The van der Waals surface area contributed by atoms with Crippen molar-refractivity contribution < 1.29 is 4.79 Å².